The van der Waals surface area contributed by atoms with Gasteiger partial charge in [0.05, 0.1) is 0 Å². The second-order valence-electron chi connectivity index (χ2n) is 5.84. The molecule has 0 amide bonds. The summed E-state index contributed by atoms with van der Waals surface area (Å²) in [4.78, 5) is 5.87. The molecule has 2 aromatic rings. The van der Waals surface area contributed by atoms with Crippen LogP contribution in [0.1, 0.15) is 45.1 Å². The minimum absolute atomic E-state index is 0.345. The molecule has 116 valence electrons. The molecule has 3 heteroatoms. The Hall–Kier alpha value is -1.48. The SMILES string of the molecule is CCCCN(CCCC)CCc1c[nH]c2ccc(O)cc12. The standard InChI is InChI=1S/C18H28N2O/c1-3-5-10-20(11-6-4-2)12-9-15-14-19-18-8-7-16(21)13-17(15)18/h7-8,13-14,19,21H,3-6,9-12H2,1-2H3. The number of nitrogens with one attached hydrogen (secondary N) is 1. The molecule has 1 heterocycles. The van der Waals surface area contributed by atoms with Gasteiger partial charge in [-0.3, -0.25) is 0 Å². The molecule has 0 saturated carbocycles. The van der Waals surface area contributed by atoms with Crippen LogP contribution in [0.2, 0.25) is 0 Å². The lowest BCUT2D eigenvalue weighted by atomic mass is 10.1. The van der Waals surface area contributed by atoms with E-state index in [1.807, 2.05) is 12.1 Å². The number of hydrogen-bond donors (Lipinski definition) is 2. The van der Waals surface area contributed by atoms with E-state index in [9.17, 15) is 5.11 Å². The Morgan fingerprint density at radius 3 is 2.43 bits per heavy atom. The van der Waals surface area contributed by atoms with Crippen LogP contribution in [0.4, 0.5) is 0 Å². The summed E-state index contributed by atoms with van der Waals surface area (Å²) >= 11 is 0. The number of rotatable bonds is 9. The minimum atomic E-state index is 0.345. The molecular weight excluding hydrogens is 260 g/mol. The Bertz CT molecular complexity index is 539. The summed E-state index contributed by atoms with van der Waals surface area (Å²) < 4.78 is 0. The van der Waals surface area contributed by atoms with Gasteiger partial charge in [-0.15, -0.1) is 0 Å². The van der Waals surface area contributed by atoms with Gasteiger partial charge in [0, 0.05) is 23.6 Å². The Labute approximate surface area is 128 Å². The molecule has 0 spiro atoms. The Balaban J connectivity index is 1.99. The average Bonchev–Trinajstić information content (AvgIpc) is 2.89. The maximum Gasteiger partial charge on any atom is 0.116 e. The number of unbranched alkanes of at least 4 members (excludes halogenated alkanes) is 2. The first-order chi connectivity index (χ1) is 10.2. The van der Waals surface area contributed by atoms with Gasteiger partial charge in [0.2, 0.25) is 0 Å². The highest BCUT2D eigenvalue weighted by atomic mass is 16.3. The van der Waals surface area contributed by atoms with Crippen molar-refractivity contribution in [2.45, 2.75) is 46.0 Å². The molecule has 0 bridgehead atoms. The number of benzene rings is 1. The van der Waals surface area contributed by atoms with Gasteiger partial charge in [0.15, 0.2) is 0 Å². The van der Waals surface area contributed by atoms with Gasteiger partial charge >= 0.3 is 0 Å². The molecule has 0 saturated heterocycles. The van der Waals surface area contributed by atoms with Crippen molar-refractivity contribution in [1.29, 1.82) is 0 Å². The van der Waals surface area contributed by atoms with E-state index in [0.717, 1.165) is 23.9 Å². The van der Waals surface area contributed by atoms with E-state index >= 15 is 0 Å². The number of fused-ring (bicyclic) bond motifs is 1. The van der Waals surface area contributed by atoms with E-state index in [0.29, 0.717) is 5.75 Å². The van der Waals surface area contributed by atoms with Gasteiger partial charge in [0.1, 0.15) is 5.75 Å². The number of phenols is 1. The van der Waals surface area contributed by atoms with Gasteiger partial charge < -0.3 is 15.0 Å². The fourth-order valence-corrected chi connectivity index (χ4v) is 2.75. The van der Waals surface area contributed by atoms with Gasteiger partial charge in [-0.05, 0) is 56.1 Å². The van der Waals surface area contributed by atoms with Crippen LogP contribution < -0.4 is 0 Å². The third kappa shape index (κ3) is 4.50. The summed E-state index contributed by atoms with van der Waals surface area (Å²) in [6.07, 6.45) is 8.18. The first kappa shape index (κ1) is 15.9. The van der Waals surface area contributed by atoms with Crippen molar-refractivity contribution in [2.75, 3.05) is 19.6 Å². The summed E-state index contributed by atoms with van der Waals surface area (Å²) in [6.45, 7) is 8.00. The van der Waals surface area contributed by atoms with Crippen LogP contribution >= 0.6 is 0 Å². The van der Waals surface area contributed by atoms with Crippen LogP contribution in [-0.2, 0) is 6.42 Å². The molecule has 0 aliphatic rings. The van der Waals surface area contributed by atoms with Crippen molar-refractivity contribution < 1.29 is 5.11 Å². The molecule has 21 heavy (non-hydrogen) atoms. The molecule has 2 N–H and O–H groups in total. The zero-order valence-electron chi connectivity index (χ0n) is 13.4. The number of aromatic hydroxyl groups is 1. The van der Waals surface area contributed by atoms with Crippen molar-refractivity contribution in [3.8, 4) is 5.75 Å². The molecule has 2 rings (SSSR count). The van der Waals surface area contributed by atoms with E-state index in [4.69, 9.17) is 0 Å². The first-order valence-electron chi connectivity index (χ1n) is 8.26. The lowest BCUT2D eigenvalue weighted by Gasteiger charge is -2.21. The van der Waals surface area contributed by atoms with E-state index < -0.39 is 0 Å². The number of aromatic nitrogens is 1. The second-order valence-corrected chi connectivity index (χ2v) is 5.84. The first-order valence-corrected chi connectivity index (χ1v) is 8.26. The van der Waals surface area contributed by atoms with Gasteiger partial charge in [-0.25, -0.2) is 0 Å². The zero-order valence-corrected chi connectivity index (χ0v) is 13.4. The van der Waals surface area contributed by atoms with E-state index in [1.165, 1.54) is 44.3 Å². The maximum absolute atomic E-state index is 9.66. The predicted molar refractivity (Wildman–Crippen MR) is 89.9 cm³/mol. The minimum Gasteiger partial charge on any atom is -0.508 e. The Morgan fingerprint density at radius 2 is 1.76 bits per heavy atom. The van der Waals surface area contributed by atoms with Crippen LogP contribution in [0.25, 0.3) is 10.9 Å². The lowest BCUT2D eigenvalue weighted by molar-refractivity contribution is 0.268. The third-order valence-electron chi connectivity index (χ3n) is 4.10. The number of H-pyrrole nitrogens is 1. The normalized spacial score (nSPS) is 11.6. The molecule has 0 aliphatic heterocycles. The van der Waals surface area contributed by atoms with Crippen LogP contribution in [0.15, 0.2) is 24.4 Å². The van der Waals surface area contributed by atoms with E-state index in [1.54, 1.807) is 6.07 Å². The number of phenolic OH excluding ortho intramolecular Hbond substituents is 1. The monoisotopic (exact) mass is 288 g/mol. The summed E-state index contributed by atoms with van der Waals surface area (Å²) in [5.41, 5.74) is 2.41. The van der Waals surface area contributed by atoms with Crippen LogP contribution in [0.3, 0.4) is 0 Å². The third-order valence-corrected chi connectivity index (χ3v) is 4.10. The largest absolute Gasteiger partial charge is 0.508 e. The average molecular weight is 288 g/mol. The summed E-state index contributed by atoms with van der Waals surface area (Å²) in [7, 11) is 0. The van der Waals surface area contributed by atoms with Crippen LogP contribution in [0, 0.1) is 0 Å². The Morgan fingerprint density at radius 1 is 1.05 bits per heavy atom. The predicted octanol–water partition coefficient (Wildman–Crippen LogP) is 4.32. The number of nitrogens with zero attached hydrogens (tertiary/aromatic N) is 1. The van der Waals surface area contributed by atoms with Gasteiger partial charge in [-0.1, -0.05) is 26.7 Å². The summed E-state index contributed by atoms with van der Waals surface area (Å²) in [6, 6.07) is 5.54. The van der Waals surface area contributed by atoms with Crippen LogP contribution in [-0.4, -0.2) is 34.6 Å². The van der Waals surface area contributed by atoms with E-state index in [2.05, 4.69) is 29.9 Å². The maximum atomic E-state index is 9.66. The Kier molecular flexibility index (Phi) is 6.12. The lowest BCUT2D eigenvalue weighted by Crippen LogP contribution is -2.28. The molecule has 3 nitrogen and oxygen atoms in total. The molecule has 1 aromatic heterocycles. The highest BCUT2D eigenvalue weighted by molar-refractivity contribution is 5.84. The van der Waals surface area contributed by atoms with Crippen molar-refractivity contribution in [3.63, 3.8) is 0 Å². The molecule has 0 unspecified atom stereocenters. The summed E-state index contributed by atoms with van der Waals surface area (Å²) in [5, 5.41) is 10.8. The van der Waals surface area contributed by atoms with E-state index in [-0.39, 0.29) is 0 Å². The highest BCUT2D eigenvalue weighted by Gasteiger charge is 2.08. The highest BCUT2D eigenvalue weighted by Crippen LogP contribution is 2.23. The zero-order chi connectivity index (χ0) is 15.1. The van der Waals surface area contributed by atoms with Crippen molar-refractivity contribution in [2.24, 2.45) is 0 Å². The quantitative estimate of drug-likeness (QED) is 0.721. The molecule has 0 fully saturated rings. The molecule has 0 atom stereocenters. The van der Waals surface area contributed by atoms with Crippen LogP contribution in [0.5, 0.6) is 5.75 Å². The second kappa shape index (κ2) is 8.08. The van der Waals surface area contributed by atoms with Gasteiger partial charge in [0.25, 0.3) is 0 Å². The fraction of sp³-hybridized carbons (Fsp3) is 0.556. The topological polar surface area (TPSA) is 39.3 Å². The molecule has 0 aliphatic carbocycles. The van der Waals surface area contributed by atoms with Crippen molar-refractivity contribution in [1.82, 2.24) is 9.88 Å². The molecule has 1 aromatic carbocycles. The fourth-order valence-electron chi connectivity index (χ4n) is 2.75. The number of aromatic amines is 1. The van der Waals surface area contributed by atoms with Crippen molar-refractivity contribution >= 4 is 10.9 Å². The molecular formula is C18H28N2O. The molecule has 0 radical (unpaired) electrons. The summed E-state index contributed by atoms with van der Waals surface area (Å²) in [5.74, 6) is 0.345. The van der Waals surface area contributed by atoms with Gasteiger partial charge in [-0.2, -0.15) is 0 Å². The van der Waals surface area contributed by atoms with Crippen molar-refractivity contribution in [3.05, 3.63) is 30.0 Å². The smallest absolute Gasteiger partial charge is 0.116 e. The number of hydrogen-bond acceptors (Lipinski definition) is 2.